The van der Waals surface area contributed by atoms with Crippen LogP contribution in [0.5, 0.6) is 5.75 Å². The second kappa shape index (κ2) is 9.85. The molecule has 2 aliphatic heterocycles. The number of aromatic carboxylic acids is 1. The molecule has 1 aliphatic carbocycles. The minimum atomic E-state index is -0.984. The predicted molar refractivity (Wildman–Crippen MR) is 149 cm³/mol. The molecule has 4 heterocycles. The van der Waals surface area contributed by atoms with E-state index in [0.717, 1.165) is 64.5 Å². The summed E-state index contributed by atoms with van der Waals surface area (Å²) in [7, 11) is 1.54. The Balaban J connectivity index is 1.12. The fourth-order valence-electron chi connectivity index (χ4n) is 6.44. The van der Waals surface area contributed by atoms with Gasteiger partial charge in [0.1, 0.15) is 28.5 Å². The van der Waals surface area contributed by atoms with Crippen LogP contribution in [-0.2, 0) is 11.3 Å². The van der Waals surface area contributed by atoms with Crippen LogP contribution in [0.4, 0.5) is 9.52 Å². The van der Waals surface area contributed by atoms with Crippen molar-refractivity contribution in [1.29, 1.82) is 0 Å². The number of carbonyl (C=O) groups is 1. The molecule has 0 spiro atoms. The second-order valence-electron chi connectivity index (χ2n) is 11.2. The molecular weight excluding hydrogens is 533 g/mol. The summed E-state index contributed by atoms with van der Waals surface area (Å²) >= 11 is 1.52. The van der Waals surface area contributed by atoms with Crippen LogP contribution in [0.25, 0.3) is 21.5 Å². The van der Waals surface area contributed by atoms with Gasteiger partial charge in [-0.3, -0.25) is 0 Å². The van der Waals surface area contributed by atoms with E-state index in [0.29, 0.717) is 29.7 Å². The molecule has 3 unspecified atom stereocenters. The first-order chi connectivity index (χ1) is 19.4. The number of hydrogen-bond donors (Lipinski definition) is 1. The van der Waals surface area contributed by atoms with Crippen molar-refractivity contribution in [3.63, 3.8) is 0 Å². The van der Waals surface area contributed by atoms with E-state index in [1.54, 1.807) is 25.3 Å². The Kier molecular flexibility index (Phi) is 6.27. The molecule has 8 nitrogen and oxygen atoms in total. The number of rotatable bonds is 8. The van der Waals surface area contributed by atoms with Crippen LogP contribution >= 0.6 is 11.3 Å². The molecule has 2 aromatic carbocycles. The van der Waals surface area contributed by atoms with E-state index in [2.05, 4.69) is 17.0 Å². The summed E-state index contributed by atoms with van der Waals surface area (Å²) < 4.78 is 32.2. The third kappa shape index (κ3) is 4.43. The Hall–Kier alpha value is -3.50. The van der Waals surface area contributed by atoms with Gasteiger partial charge in [-0.2, -0.15) is 0 Å². The lowest BCUT2D eigenvalue weighted by atomic mass is 9.97. The molecular formula is C30H30FN3O5S. The van der Waals surface area contributed by atoms with Crippen molar-refractivity contribution in [1.82, 2.24) is 10.1 Å². The standard InChI is InChI=1S/C30H30FN3O5S/c1-15-9-20-12-21(38-14-22-26(16-5-7-19(31)8-6-16)33-39-28(22)17-3-4-17)13-23(15)34(20)30-32-27-24(37-2)10-18(29(35)36)11-25(27)40-30/h5-8,10-11,15,17,20-21,23H,3-4,9,12-14H2,1-2H3,(H,35,36)/t15-,20?,21?,23?/m1/s1. The van der Waals surface area contributed by atoms with Crippen molar-refractivity contribution in [3.8, 4) is 17.0 Å². The first-order valence-electron chi connectivity index (χ1n) is 13.8. The van der Waals surface area contributed by atoms with E-state index in [9.17, 15) is 14.3 Å². The number of methoxy groups -OCH3 is 1. The molecule has 1 N–H and O–H groups in total. The van der Waals surface area contributed by atoms with E-state index in [1.807, 2.05) is 0 Å². The molecule has 208 valence electrons. The highest BCUT2D eigenvalue weighted by molar-refractivity contribution is 7.22. The molecule has 3 fully saturated rings. The van der Waals surface area contributed by atoms with E-state index in [1.165, 1.54) is 29.5 Å². The molecule has 2 aromatic heterocycles. The number of carboxylic acids is 1. The summed E-state index contributed by atoms with van der Waals surface area (Å²) in [6.07, 6.45) is 5.07. The summed E-state index contributed by atoms with van der Waals surface area (Å²) in [4.78, 5) is 19.0. The van der Waals surface area contributed by atoms with Gasteiger partial charge in [-0.25, -0.2) is 14.2 Å². The molecule has 1 saturated carbocycles. The molecule has 10 heteroatoms. The third-order valence-electron chi connectivity index (χ3n) is 8.57. The first-order valence-corrected chi connectivity index (χ1v) is 14.6. The van der Waals surface area contributed by atoms with Gasteiger partial charge in [0.25, 0.3) is 0 Å². The average Bonchev–Trinajstić information content (AvgIpc) is 3.49. The minimum Gasteiger partial charge on any atom is -0.494 e. The smallest absolute Gasteiger partial charge is 0.335 e. The monoisotopic (exact) mass is 563 g/mol. The number of thiazole rings is 1. The molecule has 2 saturated heterocycles. The number of piperidine rings is 1. The van der Waals surface area contributed by atoms with Gasteiger partial charge >= 0.3 is 5.97 Å². The summed E-state index contributed by atoms with van der Waals surface area (Å²) in [6.45, 7) is 2.70. The summed E-state index contributed by atoms with van der Waals surface area (Å²) in [5.74, 6) is 0.982. The number of carboxylic acid groups (broad SMARTS) is 1. The summed E-state index contributed by atoms with van der Waals surface area (Å²) in [5, 5.41) is 14.8. The zero-order valence-corrected chi connectivity index (χ0v) is 23.1. The summed E-state index contributed by atoms with van der Waals surface area (Å²) in [6, 6.07) is 10.1. The van der Waals surface area contributed by atoms with Gasteiger partial charge in [0.15, 0.2) is 5.13 Å². The molecule has 0 amide bonds. The quantitative estimate of drug-likeness (QED) is 0.255. The van der Waals surface area contributed by atoms with Gasteiger partial charge in [0.05, 0.1) is 30.1 Å². The van der Waals surface area contributed by atoms with Crippen LogP contribution in [0, 0.1) is 11.7 Å². The average molecular weight is 564 g/mol. The number of hydrogen-bond acceptors (Lipinski definition) is 8. The molecule has 40 heavy (non-hydrogen) atoms. The highest BCUT2D eigenvalue weighted by Crippen LogP contribution is 2.48. The predicted octanol–water partition coefficient (Wildman–Crippen LogP) is 6.64. The van der Waals surface area contributed by atoms with Gasteiger partial charge in [-0.05, 0) is 74.4 Å². The SMILES string of the molecule is COc1cc(C(=O)O)cc2sc(N3C4CC(OCc5c(-c6ccc(F)cc6)noc5C5CC5)CC3[C@H](C)C4)nc12. The van der Waals surface area contributed by atoms with Crippen molar-refractivity contribution in [2.75, 3.05) is 12.0 Å². The van der Waals surface area contributed by atoms with Crippen LogP contribution in [0.1, 0.15) is 66.6 Å². The number of aromatic nitrogens is 2. The fraction of sp³-hybridized carbons (Fsp3) is 0.433. The molecule has 3 aliphatic rings. The number of fused-ring (bicyclic) bond motifs is 3. The van der Waals surface area contributed by atoms with Crippen LogP contribution in [0.15, 0.2) is 40.9 Å². The highest BCUT2D eigenvalue weighted by atomic mass is 32.1. The van der Waals surface area contributed by atoms with Crippen LogP contribution in [0.2, 0.25) is 0 Å². The Bertz CT molecular complexity index is 1580. The maximum absolute atomic E-state index is 13.5. The van der Waals surface area contributed by atoms with E-state index < -0.39 is 5.97 Å². The normalized spacial score (nSPS) is 24.1. The lowest BCUT2D eigenvalue weighted by molar-refractivity contribution is 0.0136. The largest absolute Gasteiger partial charge is 0.494 e. The Labute approximate surface area is 234 Å². The first kappa shape index (κ1) is 25.5. The number of halogens is 1. The number of ether oxygens (including phenoxy) is 2. The number of anilines is 1. The van der Waals surface area contributed by atoms with E-state index in [4.69, 9.17) is 19.0 Å². The number of nitrogens with zero attached hydrogens (tertiary/aromatic N) is 3. The van der Waals surface area contributed by atoms with Crippen LogP contribution in [0.3, 0.4) is 0 Å². The van der Waals surface area contributed by atoms with Gasteiger partial charge in [-0.1, -0.05) is 23.4 Å². The topological polar surface area (TPSA) is 97.9 Å². The molecule has 2 bridgehead atoms. The summed E-state index contributed by atoms with van der Waals surface area (Å²) in [5.41, 5.74) is 3.44. The van der Waals surface area contributed by atoms with Crippen LogP contribution < -0.4 is 9.64 Å². The van der Waals surface area contributed by atoms with Gasteiger partial charge in [0.2, 0.25) is 0 Å². The Morgan fingerprint density at radius 2 is 2.00 bits per heavy atom. The zero-order chi connectivity index (χ0) is 27.5. The van der Waals surface area contributed by atoms with Gasteiger partial charge in [0, 0.05) is 29.1 Å². The van der Waals surface area contributed by atoms with E-state index in [-0.39, 0.29) is 29.6 Å². The lowest BCUT2D eigenvalue weighted by Crippen LogP contribution is -2.46. The van der Waals surface area contributed by atoms with Crippen molar-refractivity contribution in [2.45, 2.75) is 69.7 Å². The third-order valence-corrected chi connectivity index (χ3v) is 9.59. The molecule has 4 aromatic rings. The zero-order valence-electron chi connectivity index (χ0n) is 22.3. The van der Waals surface area contributed by atoms with Gasteiger partial charge in [-0.15, -0.1) is 0 Å². The highest BCUT2D eigenvalue weighted by Gasteiger charge is 2.47. The second-order valence-corrected chi connectivity index (χ2v) is 12.2. The Morgan fingerprint density at radius 3 is 2.70 bits per heavy atom. The lowest BCUT2D eigenvalue weighted by Gasteiger charge is -2.39. The molecule has 7 rings (SSSR count). The van der Waals surface area contributed by atoms with Crippen molar-refractivity contribution in [2.24, 2.45) is 5.92 Å². The van der Waals surface area contributed by atoms with Crippen molar-refractivity contribution < 1.29 is 28.3 Å². The van der Waals surface area contributed by atoms with Gasteiger partial charge < -0.3 is 24.0 Å². The van der Waals surface area contributed by atoms with E-state index >= 15 is 0 Å². The number of benzene rings is 2. The maximum Gasteiger partial charge on any atom is 0.335 e. The maximum atomic E-state index is 13.5. The molecule has 4 atom stereocenters. The van der Waals surface area contributed by atoms with Crippen molar-refractivity contribution >= 4 is 32.7 Å². The minimum absolute atomic E-state index is 0.0850. The Morgan fingerprint density at radius 1 is 1.20 bits per heavy atom. The fourth-order valence-corrected chi connectivity index (χ4v) is 7.60. The molecule has 0 radical (unpaired) electrons. The van der Waals surface area contributed by atoms with Crippen molar-refractivity contribution in [3.05, 3.63) is 59.1 Å². The van der Waals surface area contributed by atoms with Crippen LogP contribution in [-0.4, -0.2) is 46.5 Å².